The minimum absolute atomic E-state index is 0.0348. The van der Waals surface area contributed by atoms with Gasteiger partial charge in [-0.2, -0.15) is 0 Å². The lowest BCUT2D eigenvalue weighted by Crippen LogP contribution is -2.43. The molecule has 0 aliphatic carbocycles. The van der Waals surface area contributed by atoms with Crippen LogP contribution < -0.4 is 5.32 Å². The van der Waals surface area contributed by atoms with Gasteiger partial charge in [0.05, 0.1) is 0 Å². The number of hydrogen-bond acceptors (Lipinski definition) is 6. The molecule has 1 amide bonds. The Kier molecular flexibility index (Phi) is 6.12. The van der Waals surface area contributed by atoms with E-state index in [9.17, 15) is 4.79 Å². The summed E-state index contributed by atoms with van der Waals surface area (Å²) in [5.74, 6) is -0.0348. The second kappa shape index (κ2) is 8.51. The second-order valence-corrected chi connectivity index (χ2v) is 7.76. The van der Waals surface area contributed by atoms with Crippen molar-refractivity contribution in [2.24, 2.45) is 0 Å². The Morgan fingerprint density at radius 1 is 1.16 bits per heavy atom. The molecule has 7 heteroatoms. The first kappa shape index (κ1) is 18.0. The van der Waals surface area contributed by atoms with Gasteiger partial charge in [0.15, 0.2) is 0 Å². The quantitative estimate of drug-likeness (QED) is 0.848. The van der Waals surface area contributed by atoms with E-state index in [4.69, 9.17) is 0 Å². The Morgan fingerprint density at radius 3 is 2.52 bits per heavy atom. The standard InChI is InChI=1S/C18H25N5OS/c1-14-20-21-17(25-14)7-8-19-18(24)16-5-3-15(4-6-16)13-23-11-9-22(2)10-12-23/h3-6H,7-13H2,1-2H3,(H,19,24). The number of amides is 1. The van der Waals surface area contributed by atoms with Crippen molar-refractivity contribution < 1.29 is 4.79 Å². The zero-order valence-electron chi connectivity index (χ0n) is 14.9. The lowest BCUT2D eigenvalue weighted by atomic mass is 10.1. The number of benzene rings is 1. The summed E-state index contributed by atoms with van der Waals surface area (Å²) >= 11 is 1.57. The van der Waals surface area contributed by atoms with Crippen molar-refractivity contribution in [3.8, 4) is 0 Å². The van der Waals surface area contributed by atoms with E-state index in [0.29, 0.717) is 12.1 Å². The Balaban J connectivity index is 1.45. The molecular formula is C18H25N5OS. The summed E-state index contributed by atoms with van der Waals surface area (Å²) in [6, 6.07) is 7.94. The van der Waals surface area contributed by atoms with Crippen LogP contribution >= 0.6 is 11.3 Å². The summed E-state index contributed by atoms with van der Waals surface area (Å²) in [5.41, 5.74) is 1.96. The maximum absolute atomic E-state index is 12.2. The fourth-order valence-electron chi connectivity index (χ4n) is 2.85. The number of hydrogen-bond donors (Lipinski definition) is 1. The zero-order valence-corrected chi connectivity index (χ0v) is 15.7. The molecule has 134 valence electrons. The van der Waals surface area contributed by atoms with Crippen molar-refractivity contribution >= 4 is 17.2 Å². The Hall–Kier alpha value is -1.83. The third-order valence-electron chi connectivity index (χ3n) is 4.41. The van der Waals surface area contributed by atoms with Crippen molar-refractivity contribution in [3.63, 3.8) is 0 Å². The van der Waals surface area contributed by atoms with Crippen molar-refractivity contribution in [2.75, 3.05) is 39.8 Å². The summed E-state index contributed by atoms with van der Waals surface area (Å²) in [7, 11) is 2.16. The number of rotatable bonds is 6. The number of carbonyl (C=O) groups excluding carboxylic acids is 1. The maximum Gasteiger partial charge on any atom is 0.251 e. The van der Waals surface area contributed by atoms with Gasteiger partial charge in [0.1, 0.15) is 10.0 Å². The van der Waals surface area contributed by atoms with Crippen LogP contribution in [-0.4, -0.2) is 65.7 Å². The molecule has 1 aliphatic rings. The van der Waals surface area contributed by atoms with Gasteiger partial charge in [0.2, 0.25) is 0 Å². The highest BCUT2D eigenvalue weighted by Crippen LogP contribution is 2.10. The zero-order chi connectivity index (χ0) is 17.6. The molecule has 2 heterocycles. The fourth-order valence-corrected chi connectivity index (χ4v) is 3.56. The predicted octanol–water partition coefficient (Wildman–Crippen LogP) is 1.57. The number of nitrogens with zero attached hydrogens (tertiary/aromatic N) is 4. The lowest BCUT2D eigenvalue weighted by molar-refractivity contribution is 0.0954. The average molecular weight is 359 g/mol. The van der Waals surface area contributed by atoms with Crippen molar-refractivity contribution in [1.82, 2.24) is 25.3 Å². The van der Waals surface area contributed by atoms with Gasteiger partial charge in [-0.25, -0.2) is 0 Å². The average Bonchev–Trinajstić information content (AvgIpc) is 3.03. The van der Waals surface area contributed by atoms with Crippen LogP contribution in [0.2, 0.25) is 0 Å². The summed E-state index contributed by atoms with van der Waals surface area (Å²) in [6.07, 6.45) is 0.721. The molecule has 1 aliphatic heterocycles. The van der Waals surface area contributed by atoms with Gasteiger partial charge in [-0.3, -0.25) is 9.69 Å². The maximum atomic E-state index is 12.2. The first-order chi connectivity index (χ1) is 12.1. The van der Waals surface area contributed by atoms with Crippen LogP contribution in [0.15, 0.2) is 24.3 Å². The van der Waals surface area contributed by atoms with Crippen LogP contribution in [-0.2, 0) is 13.0 Å². The molecule has 1 saturated heterocycles. The highest BCUT2D eigenvalue weighted by Gasteiger charge is 2.14. The molecule has 0 bridgehead atoms. The molecule has 1 N–H and O–H groups in total. The molecular weight excluding hydrogens is 334 g/mol. The summed E-state index contributed by atoms with van der Waals surface area (Å²) in [6.45, 7) is 7.91. The van der Waals surface area contributed by atoms with Gasteiger partial charge in [0.25, 0.3) is 5.91 Å². The second-order valence-electron chi connectivity index (χ2n) is 6.50. The minimum Gasteiger partial charge on any atom is -0.352 e. The molecule has 0 radical (unpaired) electrons. The van der Waals surface area contributed by atoms with E-state index in [0.717, 1.165) is 49.2 Å². The number of aromatic nitrogens is 2. The number of nitrogens with one attached hydrogen (secondary N) is 1. The van der Waals surface area contributed by atoms with Gasteiger partial charge in [-0.05, 0) is 31.7 Å². The third kappa shape index (κ3) is 5.32. The summed E-state index contributed by atoms with van der Waals surface area (Å²) < 4.78 is 0. The predicted molar refractivity (Wildman–Crippen MR) is 99.9 cm³/mol. The van der Waals surface area contributed by atoms with E-state index in [1.165, 1.54) is 5.56 Å². The highest BCUT2D eigenvalue weighted by atomic mass is 32.1. The van der Waals surface area contributed by atoms with Gasteiger partial charge in [-0.15, -0.1) is 21.5 Å². The number of carbonyl (C=O) groups is 1. The number of piperazine rings is 1. The van der Waals surface area contributed by atoms with Crippen molar-refractivity contribution in [3.05, 3.63) is 45.4 Å². The molecule has 0 atom stereocenters. The largest absolute Gasteiger partial charge is 0.352 e. The van der Waals surface area contributed by atoms with E-state index in [1.807, 2.05) is 19.1 Å². The van der Waals surface area contributed by atoms with E-state index in [1.54, 1.807) is 11.3 Å². The number of likely N-dealkylation sites (N-methyl/N-ethyl adjacent to an activating group) is 1. The third-order valence-corrected chi connectivity index (χ3v) is 5.31. The Labute approximate surface area is 152 Å². The topological polar surface area (TPSA) is 61.4 Å². The molecule has 1 aromatic heterocycles. The van der Waals surface area contributed by atoms with Gasteiger partial charge < -0.3 is 10.2 Å². The monoisotopic (exact) mass is 359 g/mol. The van der Waals surface area contributed by atoms with E-state index >= 15 is 0 Å². The first-order valence-corrected chi connectivity index (χ1v) is 9.49. The Morgan fingerprint density at radius 2 is 1.88 bits per heavy atom. The molecule has 0 spiro atoms. The lowest BCUT2D eigenvalue weighted by Gasteiger charge is -2.32. The fraction of sp³-hybridized carbons (Fsp3) is 0.500. The van der Waals surface area contributed by atoms with Crippen LogP contribution in [0.5, 0.6) is 0 Å². The molecule has 25 heavy (non-hydrogen) atoms. The molecule has 1 fully saturated rings. The van der Waals surface area contributed by atoms with Crippen LogP contribution in [0.1, 0.15) is 25.9 Å². The molecule has 1 aromatic carbocycles. The Bertz CT molecular complexity index is 692. The normalized spacial score (nSPS) is 16.1. The molecule has 2 aromatic rings. The van der Waals surface area contributed by atoms with E-state index in [-0.39, 0.29) is 5.91 Å². The molecule has 0 saturated carbocycles. The van der Waals surface area contributed by atoms with Gasteiger partial charge >= 0.3 is 0 Å². The highest BCUT2D eigenvalue weighted by molar-refractivity contribution is 7.11. The summed E-state index contributed by atoms with van der Waals surface area (Å²) in [4.78, 5) is 17.0. The van der Waals surface area contributed by atoms with E-state index in [2.05, 4.69) is 44.5 Å². The van der Waals surface area contributed by atoms with Crippen molar-refractivity contribution in [1.29, 1.82) is 0 Å². The smallest absolute Gasteiger partial charge is 0.251 e. The van der Waals surface area contributed by atoms with Crippen LogP contribution in [0.25, 0.3) is 0 Å². The molecule has 0 unspecified atom stereocenters. The minimum atomic E-state index is -0.0348. The van der Waals surface area contributed by atoms with E-state index < -0.39 is 0 Å². The van der Waals surface area contributed by atoms with Crippen LogP contribution in [0.4, 0.5) is 0 Å². The van der Waals surface area contributed by atoms with Crippen LogP contribution in [0, 0.1) is 6.92 Å². The van der Waals surface area contributed by atoms with Gasteiger partial charge in [-0.1, -0.05) is 12.1 Å². The van der Waals surface area contributed by atoms with Crippen molar-refractivity contribution in [2.45, 2.75) is 19.9 Å². The summed E-state index contributed by atoms with van der Waals surface area (Å²) in [5, 5.41) is 12.9. The SMILES string of the molecule is Cc1nnc(CCNC(=O)c2ccc(CN3CCN(C)CC3)cc2)s1. The van der Waals surface area contributed by atoms with Crippen LogP contribution in [0.3, 0.4) is 0 Å². The van der Waals surface area contributed by atoms with Gasteiger partial charge in [0, 0.05) is 51.3 Å². The number of aryl methyl sites for hydroxylation is 1. The first-order valence-electron chi connectivity index (χ1n) is 8.67. The molecule has 3 rings (SSSR count). The molecule has 6 nitrogen and oxygen atoms in total.